The Balaban J connectivity index is 1.37. The van der Waals surface area contributed by atoms with Crippen LogP contribution in [0.3, 0.4) is 0 Å². The van der Waals surface area contributed by atoms with Gasteiger partial charge >= 0.3 is 0 Å². The van der Waals surface area contributed by atoms with Gasteiger partial charge in [0.05, 0.1) is 9.92 Å². The van der Waals surface area contributed by atoms with Gasteiger partial charge < -0.3 is 9.80 Å². The number of hydrogen-bond donors (Lipinski definition) is 1. The Labute approximate surface area is 186 Å². The second kappa shape index (κ2) is 8.95. The summed E-state index contributed by atoms with van der Waals surface area (Å²) in [5, 5.41) is 0.590. The second-order valence-corrected chi connectivity index (χ2v) is 9.23. The quantitative estimate of drug-likeness (QED) is 0.635. The highest BCUT2D eigenvalue weighted by Crippen LogP contribution is 2.19. The van der Waals surface area contributed by atoms with Crippen LogP contribution in [0.5, 0.6) is 0 Å². The second-order valence-electron chi connectivity index (χ2n) is 7.11. The normalized spacial score (nSPS) is 14.4. The van der Waals surface area contributed by atoms with Crippen LogP contribution in [0.25, 0.3) is 0 Å². The van der Waals surface area contributed by atoms with E-state index in [4.69, 9.17) is 11.6 Å². The molecule has 1 aliphatic heterocycles. The number of sulfonamides is 1. The van der Waals surface area contributed by atoms with Gasteiger partial charge in [-0.25, -0.2) is 13.4 Å². The summed E-state index contributed by atoms with van der Waals surface area (Å²) in [4.78, 5) is 21.2. The van der Waals surface area contributed by atoms with Crippen molar-refractivity contribution in [2.24, 2.45) is 0 Å². The number of piperazine rings is 1. The maximum atomic E-state index is 12.8. The monoisotopic (exact) mass is 456 g/mol. The third kappa shape index (κ3) is 4.98. The fourth-order valence-electron chi connectivity index (χ4n) is 3.37. The molecule has 1 saturated heterocycles. The first-order chi connectivity index (χ1) is 14.9. The topological polar surface area (TPSA) is 82.6 Å². The van der Waals surface area contributed by atoms with E-state index < -0.39 is 10.0 Å². The van der Waals surface area contributed by atoms with Crippen LogP contribution >= 0.6 is 11.6 Å². The molecule has 31 heavy (non-hydrogen) atoms. The minimum absolute atomic E-state index is 0.0822. The Morgan fingerprint density at radius 2 is 1.58 bits per heavy atom. The van der Waals surface area contributed by atoms with Gasteiger partial charge in [-0.1, -0.05) is 29.8 Å². The Kier molecular flexibility index (Phi) is 6.11. The van der Waals surface area contributed by atoms with Crippen molar-refractivity contribution in [1.29, 1.82) is 0 Å². The number of halogens is 1. The lowest BCUT2D eigenvalue weighted by molar-refractivity contribution is 0.0746. The molecule has 1 fully saturated rings. The van der Waals surface area contributed by atoms with Crippen LogP contribution in [0, 0.1) is 0 Å². The minimum atomic E-state index is -3.67. The zero-order valence-electron chi connectivity index (χ0n) is 16.6. The average molecular weight is 457 g/mol. The van der Waals surface area contributed by atoms with E-state index in [2.05, 4.69) is 14.6 Å². The molecule has 7 nitrogen and oxygen atoms in total. The van der Waals surface area contributed by atoms with E-state index in [1.807, 2.05) is 6.07 Å². The summed E-state index contributed by atoms with van der Waals surface area (Å²) in [7, 11) is -3.67. The van der Waals surface area contributed by atoms with E-state index in [1.54, 1.807) is 59.6 Å². The van der Waals surface area contributed by atoms with Crippen molar-refractivity contribution in [2.45, 2.75) is 4.90 Å². The maximum absolute atomic E-state index is 12.8. The number of amides is 1. The molecule has 4 rings (SSSR count). The van der Waals surface area contributed by atoms with Crippen molar-refractivity contribution >= 4 is 39.0 Å². The van der Waals surface area contributed by atoms with Gasteiger partial charge in [0, 0.05) is 43.6 Å². The summed E-state index contributed by atoms with van der Waals surface area (Å²) in [6.07, 6.45) is 1.61. The molecule has 1 amide bonds. The Bertz CT molecular complexity index is 1150. The summed E-state index contributed by atoms with van der Waals surface area (Å²) in [5.41, 5.74) is 0.916. The lowest BCUT2D eigenvalue weighted by Gasteiger charge is -2.35. The van der Waals surface area contributed by atoms with E-state index in [-0.39, 0.29) is 10.8 Å². The van der Waals surface area contributed by atoms with E-state index in [0.717, 1.165) is 5.82 Å². The molecule has 0 unspecified atom stereocenters. The van der Waals surface area contributed by atoms with Crippen molar-refractivity contribution in [3.05, 3.63) is 83.5 Å². The Morgan fingerprint density at radius 3 is 2.19 bits per heavy atom. The first-order valence-electron chi connectivity index (χ1n) is 9.76. The number of carbonyl (C=O) groups is 1. The highest BCUT2D eigenvalue weighted by molar-refractivity contribution is 7.92. The van der Waals surface area contributed by atoms with Gasteiger partial charge in [-0.15, -0.1) is 0 Å². The molecule has 1 N–H and O–H groups in total. The summed E-state index contributed by atoms with van der Waals surface area (Å²) in [6.45, 7) is 2.50. The molecule has 0 bridgehead atoms. The fraction of sp³-hybridized carbons (Fsp3) is 0.182. The summed E-state index contributed by atoms with van der Waals surface area (Å²) >= 11 is 5.89. The molecule has 1 aromatic heterocycles. The van der Waals surface area contributed by atoms with Crippen LogP contribution < -0.4 is 9.62 Å². The van der Waals surface area contributed by atoms with Crippen LogP contribution in [0.15, 0.2) is 77.8 Å². The van der Waals surface area contributed by atoms with E-state index in [9.17, 15) is 13.2 Å². The minimum Gasteiger partial charge on any atom is -0.353 e. The Morgan fingerprint density at radius 1 is 0.903 bits per heavy atom. The highest BCUT2D eigenvalue weighted by Gasteiger charge is 2.23. The first-order valence-corrected chi connectivity index (χ1v) is 11.6. The Hall–Kier alpha value is -3.10. The van der Waals surface area contributed by atoms with Crippen molar-refractivity contribution in [2.75, 3.05) is 35.8 Å². The molecule has 1 aliphatic rings. The maximum Gasteiger partial charge on any atom is 0.261 e. The van der Waals surface area contributed by atoms with Crippen molar-refractivity contribution < 1.29 is 13.2 Å². The number of pyridine rings is 1. The van der Waals surface area contributed by atoms with Crippen molar-refractivity contribution in [3.63, 3.8) is 0 Å². The molecule has 3 aromatic rings. The molecular formula is C22H21ClN4O3S. The predicted octanol–water partition coefficient (Wildman–Crippen LogP) is 3.50. The highest BCUT2D eigenvalue weighted by atomic mass is 35.5. The molecule has 0 saturated carbocycles. The lowest BCUT2D eigenvalue weighted by Crippen LogP contribution is -2.49. The van der Waals surface area contributed by atoms with Crippen LogP contribution in [-0.2, 0) is 10.0 Å². The number of rotatable bonds is 5. The van der Waals surface area contributed by atoms with E-state index >= 15 is 0 Å². The third-order valence-corrected chi connectivity index (χ3v) is 6.66. The van der Waals surface area contributed by atoms with Crippen LogP contribution in [-0.4, -0.2) is 50.4 Å². The van der Waals surface area contributed by atoms with Gasteiger partial charge in [-0.05, 0) is 48.5 Å². The molecule has 9 heteroatoms. The van der Waals surface area contributed by atoms with Gasteiger partial charge in [0.2, 0.25) is 0 Å². The standard InChI is InChI=1S/C22H21ClN4O3S/c23-18-8-11-21(24-16-18)26-12-14-27(15-13-26)22(28)17-6-9-19(10-7-17)25-31(29,30)20-4-2-1-3-5-20/h1-11,16,25H,12-15H2. The summed E-state index contributed by atoms with van der Waals surface area (Å²) in [5.74, 6) is 0.757. The molecule has 0 aliphatic carbocycles. The van der Waals surface area contributed by atoms with Crippen LogP contribution in [0.2, 0.25) is 5.02 Å². The van der Waals surface area contributed by atoms with Crippen molar-refractivity contribution in [1.82, 2.24) is 9.88 Å². The predicted molar refractivity (Wildman–Crippen MR) is 121 cm³/mol. The SMILES string of the molecule is O=C(c1ccc(NS(=O)(=O)c2ccccc2)cc1)N1CCN(c2ccc(Cl)cn2)CC1. The fourth-order valence-corrected chi connectivity index (χ4v) is 4.56. The number of nitrogens with one attached hydrogen (secondary N) is 1. The average Bonchev–Trinajstić information content (AvgIpc) is 2.80. The van der Waals surface area contributed by atoms with Gasteiger partial charge in [0.1, 0.15) is 5.82 Å². The van der Waals surface area contributed by atoms with Gasteiger partial charge in [0.15, 0.2) is 0 Å². The molecule has 0 atom stereocenters. The van der Waals surface area contributed by atoms with Crippen LogP contribution in [0.1, 0.15) is 10.4 Å². The number of benzene rings is 2. The van der Waals surface area contributed by atoms with Gasteiger partial charge in [-0.3, -0.25) is 9.52 Å². The van der Waals surface area contributed by atoms with E-state index in [1.165, 1.54) is 12.1 Å². The zero-order valence-corrected chi connectivity index (χ0v) is 18.2. The molecule has 0 radical (unpaired) electrons. The first kappa shape index (κ1) is 21.1. The number of nitrogens with zero attached hydrogens (tertiary/aromatic N) is 3. The van der Waals surface area contributed by atoms with Gasteiger partial charge in [0.25, 0.3) is 15.9 Å². The van der Waals surface area contributed by atoms with Crippen molar-refractivity contribution in [3.8, 4) is 0 Å². The number of aromatic nitrogens is 1. The zero-order chi connectivity index (χ0) is 21.8. The summed E-state index contributed by atoms with van der Waals surface area (Å²) < 4.78 is 27.4. The third-order valence-electron chi connectivity index (χ3n) is 5.04. The molecule has 2 aromatic carbocycles. The lowest BCUT2D eigenvalue weighted by atomic mass is 10.1. The number of anilines is 2. The number of carbonyl (C=O) groups excluding carboxylic acids is 1. The number of hydrogen-bond acceptors (Lipinski definition) is 5. The largest absolute Gasteiger partial charge is 0.353 e. The molecule has 0 spiro atoms. The molecule has 2 heterocycles. The molecular weight excluding hydrogens is 436 g/mol. The summed E-state index contributed by atoms with van der Waals surface area (Å²) in [6, 6.07) is 18.3. The molecule has 160 valence electrons. The van der Waals surface area contributed by atoms with Crippen LogP contribution in [0.4, 0.5) is 11.5 Å². The van der Waals surface area contributed by atoms with Gasteiger partial charge in [-0.2, -0.15) is 0 Å². The van der Waals surface area contributed by atoms with E-state index in [0.29, 0.717) is 42.5 Å². The smallest absolute Gasteiger partial charge is 0.261 e.